The Morgan fingerprint density at radius 1 is 0.548 bits per heavy atom. The minimum atomic E-state index is -3.78. The number of fused-ring (bicyclic) bond motifs is 1. The van der Waals surface area contributed by atoms with Gasteiger partial charge in [0.1, 0.15) is 0 Å². The van der Waals surface area contributed by atoms with Gasteiger partial charge in [-0.3, -0.25) is 0 Å². The molecule has 0 aliphatic heterocycles. The Balaban J connectivity index is 0.000000315. The summed E-state index contributed by atoms with van der Waals surface area (Å²) in [6, 6.07) is 30.6. The van der Waals surface area contributed by atoms with Crippen LogP contribution in [0.2, 0.25) is 0 Å². The Labute approximate surface area is 264 Å². The van der Waals surface area contributed by atoms with Crippen LogP contribution in [0.4, 0.5) is 0 Å². The summed E-state index contributed by atoms with van der Waals surface area (Å²) in [7, 11) is -3.78. The van der Waals surface area contributed by atoms with Gasteiger partial charge >= 0.3 is 0 Å². The van der Waals surface area contributed by atoms with Gasteiger partial charge in [0.15, 0.2) is 0 Å². The minimum absolute atomic E-state index is 0. The Morgan fingerprint density at radius 3 is 1.43 bits per heavy atom. The number of nitrogens with two attached hydrogens (primary N) is 1. The maximum absolute atomic E-state index is 13.2. The summed E-state index contributed by atoms with van der Waals surface area (Å²) in [5.41, 5.74) is 16.9. The normalized spacial score (nSPS) is 12.5. The Hall–Kier alpha value is -3.15. The molecule has 220 valence electrons. The van der Waals surface area contributed by atoms with Crippen LogP contribution in [-0.4, -0.2) is 8.42 Å². The smallest absolute Gasteiger partial charge is 0.241 e. The van der Waals surface area contributed by atoms with E-state index in [9.17, 15) is 8.42 Å². The average Bonchev–Trinajstić information content (AvgIpc) is 3.01. The molecule has 0 saturated carbocycles. The maximum Gasteiger partial charge on any atom is 0.241 e. The first kappa shape index (κ1) is 33.4. The fourth-order valence-corrected chi connectivity index (χ4v) is 6.42. The summed E-state index contributed by atoms with van der Waals surface area (Å²) in [4.78, 5) is 0.220. The number of benzene rings is 5. The van der Waals surface area contributed by atoms with Crippen LogP contribution in [0.3, 0.4) is 0 Å². The molecule has 0 fully saturated rings. The first-order valence-electron chi connectivity index (χ1n) is 13.9. The van der Waals surface area contributed by atoms with Gasteiger partial charge in [0, 0.05) is 19.5 Å². The summed E-state index contributed by atoms with van der Waals surface area (Å²) in [6.45, 7) is 13.3. The van der Waals surface area contributed by atoms with Crippen molar-refractivity contribution in [2.75, 3.05) is 0 Å². The second-order valence-electron chi connectivity index (χ2n) is 10.7. The molecule has 0 aliphatic carbocycles. The third kappa shape index (κ3) is 7.43. The SMILES string of the molecule is Cc1c(C)c(C)c(C)c(C)c1C.N[C@H](c1ccccc1)[C@H](NS(=O)(=O)c1ccc2ccccc2c1)c1ccccc1.[Ru]. The van der Waals surface area contributed by atoms with Gasteiger partial charge in [-0.15, -0.1) is 0 Å². The quantitative estimate of drug-likeness (QED) is 0.180. The van der Waals surface area contributed by atoms with E-state index in [0.717, 1.165) is 21.9 Å². The molecule has 0 unspecified atom stereocenters. The van der Waals surface area contributed by atoms with Gasteiger partial charge < -0.3 is 5.73 Å². The van der Waals surface area contributed by atoms with E-state index in [1.165, 1.54) is 33.4 Å². The molecule has 0 radical (unpaired) electrons. The van der Waals surface area contributed by atoms with E-state index in [1.54, 1.807) is 12.1 Å². The van der Waals surface area contributed by atoms with E-state index in [4.69, 9.17) is 5.73 Å². The zero-order valence-electron chi connectivity index (χ0n) is 25.1. The van der Waals surface area contributed by atoms with E-state index in [1.807, 2.05) is 91.0 Å². The molecule has 3 N–H and O–H groups in total. The Kier molecular flexibility index (Phi) is 11.4. The van der Waals surface area contributed by atoms with Crippen molar-refractivity contribution in [3.8, 4) is 0 Å². The van der Waals surface area contributed by atoms with E-state index in [2.05, 4.69) is 46.3 Å². The van der Waals surface area contributed by atoms with Crippen molar-refractivity contribution in [1.29, 1.82) is 0 Å². The fraction of sp³-hybridized carbons (Fsp3) is 0.222. The van der Waals surface area contributed by atoms with E-state index >= 15 is 0 Å². The molecule has 0 aliphatic rings. The molecule has 5 aromatic rings. The predicted molar refractivity (Wildman–Crippen MR) is 172 cm³/mol. The fourth-order valence-electron chi connectivity index (χ4n) is 5.13. The number of sulfonamides is 1. The second kappa shape index (κ2) is 14.4. The summed E-state index contributed by atoms with van der Waals surface area (Å²) < 4.78 is 29.3. The Bertz CT molecular complexity index is 1650. The monoisotopic (exact) mass is 666 g/mol. The molecule has 42 heavy (non-hydrogen) atoms. The first-order chi connectivity index (χ1) is 19.5. The number of hydrogen-bond donors (Lipinski definition) is 2. The maximum atomic E-state index is 13.2. The molecule has 6 heteroatoms. The molecule has 5 aromatic carbocycles. The summed E-state index contributed by atoms with van der Waals surface area (Å²) in [6.07, 6.45) is 0. The van der Waals surface area contributed by atoms with Gasteiger partial charge in [-0.05, 0) is 109 Å². The van der Waals surface area contributed by atoms with Crippen LogP contribution < -0.4 is 10.5 Å². The van der Waals surface area contributed by atoms with Crippen LogP contribution in [0, 0.1) is 41.5 Å². The zero-order chi connectivity index (χ0) is 29.7. The van der Waals surface area contributed by atoms with Crippen molar-refractivity contribution in [1.82, 2.24) is 4.72 Å². The van der Waals surface area contributed by atoms with E-state index in [0.29, 0.717) is 0 Å². The number of rotatable bonds is 6. The zero-order valence-corrected chi connectivity index (χ0v) is 27.7. The molecule has 0 heterocycles. The van der Waals surface area contributed by atoms with Gasteiger partial charge in [0.2, 0.25) is 10.0 Å². The third-order valence-electron chi connectivity index (χ3n) is 8.39. The van der Waals surface area contributed by atoms with Gasteiger partial charge in [-0.2, -0.15) is 0 Å². The average molecular weight is 666 g/mol. The van der Waals surface area contributed by atoms with Crippen LogP contribution in [0.5, 0.6) is 0 Å². The molecule has 4 nitrogen and oxygen atoms in total. The van der Waals surface area contributed by atoms with Crippen molar-refractivity contribution in [3.05, 3.63) is 148 Å². The molecular formula is C36H40N2O2RuS. The van der Waals surface area contributed by atoms with Crippen molar-refractivity contribution in [3.63, 3.8) is 0 Å². The van der Waals surface area contributed by atoms with Crippen LogP contribution >= 0.6 is 0 Å². The summed E-state index contributed by atoms with van der Waals surface area (Å²) in [5.74, 6) is 0. The van der Waals surface area contributed by atoms with E-state index in [-0.39, 0.29) is 24.4 Å². The first-order valence-corrected chi connectivity index (χ1v) is 15.4. The van der Waals surface area contributed by atoms with Crippen LogP contribution in [-0.2, 0) is 29.5 Å². The van der Waals surface area contributed by atoms with Crippen LogP contribution in [0.1, 0.15) is 56.6 Å². The van der Waals surface area contributed by atoms with Crippen molar-refractivity contribution in [2.24, 2.45) is 5.73 Å². The number of hydrogen-bond acceptors (Lipinski definition) is 3. The minimum Gasteiger partial charge on any atom is -0.322 e. The van der Waals surface area contributed by atoms with E-state index < -0.39 is 22.1 Å². The van der Waals surface area contributed by atoms with Gasteiger partial charge in [0.25, 0.3) is 0 Å². The number of nitrogens with one attached hydrogen (secondary N) is 1. The third-order valence-corrected chi connectivity index (χ3v) is 9.83. The molecule has 0 spiro atoms. The largest absolute Gasteiger partial charge is 0.322 e. The Morgan fingerprint density at radius 2 is 0.952 bits per heavy atom. The molecule has 0 amide bonds. The predicted octanol–water partition coefficient (Wildman–Crippen LogP) is 8.09. The van der Waals surface area contributed by atoms with Crippen molar-refractivity contribution < 1.29 is 27.9 Å². The van der Waals surface area contributed by atoms with Gasteiger partial charge in [0.05, 0.1) is 17.0 Å². The van der Waals surface area contributed by atoms with Crippen molar-refractivity contribution in [2.45, 2.75) is 58.5 Å². The van der Waals surface area contributed by atoms with Crippen LogP contribution in [0.25, 0.3) is 10.8 Å². The molecule has 0 saturated heterocycles. The molecular weight excluding hydrogens is 626 g/mol. The summed E-state index contributed by atoms with van der Waals surface area (Å²) in [5, 5.41) is 1.87. The second-order valence-corrected chi connectivity index (χ2v) is 12.4. The topological polar surface area (TPSA) is 72.2 Å². The van der Waals surface area contributed by atoms with Gasteiger partial charge in [-0.1, -0.05) is 91.0 Å². The molecule has 0 bridgehead atoms. The van der Waals surface area contributed by atoms with Crippen LogP contribution in [0.15, 0.2) is 108 Å². The van der Waals surface area contributed by atoms with Crippen molar-refractivity contribution >= 4 is 20.8 Å². The summed E-state index contributed by atoms with van der Waals surface area (Å²) >= 11 is 0. The standard InChI is InChI=1S/C24H22N2O2S.C12H18.Ru/c25-23(19-10-3-1-4-11-19)24(20-12-5-2-6-13-20)26-29(27,28)22-16-15-18-9-7-8-14-21(18)17-22;1-7-8(2)10(4)12(6)11(5)9(7)3;/h1-17,23-24,26H,25H2;1-6H3;/t23-,24-;;/m1../s1. The molecule has 5 rings (SSSR count). The molecule has 2 atom stereocenters. The van der Waals surface area contributed by atoms with Gasteiger partial charge in [-0.25, -0.2) is 13.1 Å². The molecule has 0 aromatic heterocycles.